The third-order valence-corrected chi connectivity index (χ3v) is 4.97. The highest BCUT2D eigenvalue weighted by atomic mass is 16.6. The predicted molar refractivity (Wildman–Crippen MR) is 71.4 cm³/mol. The molecule has 4 heteroatoms. The van der Waals surface area contributed by atoms with Gasteiger partial charge in [-0.25, -0.2) is 4.79 Å². The number of esters is 1. The molecule has 1 saturated carbocycles. The normalized spacial score (nSPS) is 37.6. The summed E-state index contributed by atoms with van der Waals surface area (Å²) in [6, 6.07) is 0. The number of ether oxygens (including phenoxy) is 1. The molecule has 0 bridgehead atoms. The van der Waals surface area contributed by atoms with E-state index in [2.05, 4.69) is 6.92 Å². The van der Waals surface area contributed by atoms with Crippen LogP contribution in [0.25, 0.3) is 0 Å². The van der Waals surface area contributed by atoms with E-state index in [9.17, 15) is 15.0 Å². The Kier molecular flexibility index (Phi) is 3.52. The topological polar surface area (TPSA) is 66.8 Å². The van der Waals surface area contributed by atoms with E-state index in [4.69, 9.17) is 4.74 Å². The molecule has 19 heavy (non-hydrogen) atoms. The minimum atomic E-state index is -1.21. The van der Waals surface area contributed by atoms with Crippen LogP contribution in [0.3, 0.4) is 0 Å². The first-order valence-corrected chi connectivity index (χ1v) is 6.97. The number of aliphatic hydroxyl groups excluding tert-OH is 1. The Hall–Kier alpha value is -0.870. The van der Waals surface area contributed by atoms with Crippen molar-refractivity contribution in [3.05, 3.63) is 11.1 Å². The molecular formula is C15H24O4. The lowest BCUT2D eigenvalue weighted by atomic mass is 9.73. The summed E-state index contributed by atoms with van der Waals surface area (Å²) in [5.74, 6) is -0.260. The van der Waals surface area contributed by atoms with Crippen molar-refractivity contribution in [2.24, 2.45) is 11.8 Å². The molecule has 1 aliphatic heterocycles. The highest BCUT2D eigenvalue weighted by Crippen LogP contribution is 2.54. The second kappa shape index (κ2) is 4.60. The number of hydrogen-bond donors (Lipinski definition) is 2. The average Bonchev–Trinajstić information content (AvgIpc) is 2.82. The largest absolute Gasteiger partial charge is 0.455 e. The molecule has 1 saturated heterocycles. The SMILES string of the molecule is CC(C)=C1C[C@@]2(OC1=O)[C@H](C)CC[C@@H]2C(C)(O)CO. The second-order valence-electron chi connectivity index (χ2n) is 6.55. The minimum Gasteiger partial charge on any atom is -0.455 e. The first kappa shape index (κ1) is 14.5. The monoisotopic (exact) mass is 268 g/mol. The number of rotatable bonds is 2. The van der Waals surface area contributed by atoms with Gasteiger partial charge in [0.1, 0.15) is 5.60 Å². The first-order chi connectivity index (χ1) is 8.74. The van der Waals surface area contributed by atoms with Gasteiger partial charge in [-0.15, -0.1) is 0 Å². The van der Waals surface area contributed by atoms with Gasteiger partial charge in [0, 0.05) is 17.9 Å². The van der Waals surface area contributed by atoms with Crippen LogP contribution in [0.1, 0.15) is 47.0 Å². The highest BCUT2D eigenvalue weighted by Gasteiger charge is 2.60. The van der Waals surface area contributed by atoms with Crippen LogP contribution in [0.2, 0.25) is 0 Å². The van der Waals surface area contributed by atoms with Gasteiger partial charge < -0.3 is 14.9 Å². The summed E-state index contributed by atoms with van der Waals surface area (Å²) in [6.45, 7) is 7.21. The van der Waals surface area contributed by atoms with Crippen molar-refractivity contribution < 1.29 is 19.7 Å². The Morgan fingerprint density at radius 1 is 1.47 bits per heavy atom. The molecule has 0 aromatic rings. The maximum atomic E-state index is 12.1. The number of aliphatic hydroxyl groups is 2. The van der Waals surface area contributed by atoms with Crippen molar-refractivity contribution in [3.8, 4) is 0 Å². The molecule has 1 unspecified atom stereocenters. The maximum Gasteiger partial charge on any atom is 0.334 e. The molecule has 0 radical (unpaired) electrons. The predicted octanol–water partition coefficient (Wildman–Crippen LogP) is 1.80. The maximum absolute atomic E-state index is 12.1. The van der Waals surface area contributed by atoms with Crippen molar-refractivity contribution in [2.45, 2.75) is 58.2 Å². The smallest absolute Gasteiger partial charge is 0.334 e. The molecule has 0 aromatic carbocycles. The van der Waals surface area contributed by atoms with Crippen molar-refractivity contribution in [2.75, 3.05) is 6.61 Å². The molecular weight excluding hydrogens is 244 g/mol. The fourth-order valence-electron chi connectivity index (χ4n) is 3.67. The number of allylic oxidation sites excluding steroid dienone is 1. The van der Waals surface area contributed by atoms with Gasteiger partial charge in [-0.3, -0.25) is 0 Å². The molecule has 0 aromatic heterocycles. The van der Waals surface area contributed by atoms with Crippen molar-refractivity contribution >= 4 is 5.97 Å². The molecule has 1 heterocycles. The van der Waals surface area contributed by atoms with E-state index in [1.165, 1.54) is 0 Å². The highest BCUT2D eigenvalue weighted by molar-refractivity contribution is 5.92. The summed E-state index contributed by atoms with van der Waals surface area (Å²) in [4.78, 5) is 12.1. The van der Waals surface area contributed by atoms with Crippen LogP contribution in [-0.4, -0.2) is 34.0 Å². The lowest BCUT2D eigenvalue weighted by Crippen LogP contribution is -2.51. The lowest BCUT2D eigenvalue weighted by Gasteiger charge is -2.40. The van der Waals surface area contributed by atoms with Crippen LogP contribution in [0.15, 0.2) is 11.1 Å². The molecule has 2 N–H and O–H groups in total. The fourth-order valence-corrected chi connectivity index (χ4v) is 3.67. The quantitative estimate of drug-likeness (QED) is 0.592. The minimum absolute atomic E-state index is 0.205. The standard InChI is InChI=1S/C15H24O4/c1-9(2)11-7-15(19-13(11)17)10(3)5-6-12(15)14(4,18)8-16/h10,12,16,18H,5-8H2,1-4H3/t10-,12-,14?,15-/m1/s1. The molecule has 1 aliphatic carbocycles. The van der Waals surface area contributed by atoms with Gasteiger partial charge in [0.2, 0.25) is 0 Å². The van der Waals surface area contributed by atoms with Crippen LogP contribution in [0.4, 0.5) is 0 Å². The second-order valence-corrected chi connectivity index (χ2v) is 6.55. The Bertz CT molecular complexity index is 420. The summed E-state index contributed by atoms with van der Waals surface area (Å²) in [5.41, 5.74) is -0.145. The molecule has 4 atom stereocenters. The van der Waals surface area contributed by atoms with Crippen molar-refractivity contribution in [1.29, 1.82) is 0 Å². The van der Waals surface area contributed by atoms with Crippen LogP contribution in [-0.2, 0) is 9.53 Å². The lowest BCUT2D eigenvalue weighted by molar-refractivity contribution is -0.169. The van der Waals surface area contributed by atoms with E-state index in [1.54, 1.807) is 6.92 Å². The van der Waals surface area contributed by atoms with Gasteiger partial charge >= 0.3 is 5.97 Å². The van der Waals surface area contributed by atoms with E-state index < -0.39 is 11.2 Å². The molecule has 1 spiro atoms. The zero-order chi connectivity index (χ0) is 14.4. The molecule has 2 aliphatic rings. The van der Waals surface area contributed by atoms with Gasteiger partial charge in [0.25, 0.3) is 0 Å². The summed E-state index contributed by atoms with van der Waals surface area (Å²) >= 11 is 0. The van der Waals surface area contributed by atoms with E-state index in [0.717, 1.165) is 24.0 Å². The zero-order valence-electron chi connectivity index (χ0n) is 12.2. The summed E-state index contributed by atoms with van der Waals surface area (Å²) in [6.07, 6.45) is 2.23. The van der Waals surface area contributed by atoms with Crippen molar-refractivity contribution in [1.82, 2.24) is 0 Å². The van der Waals surface area contributed by atoms with E-state index in [1.807, 2.05) is 13.8 Å². The number of carbonyl (C=O) groups is 1. The average molecular weight is 268 g/mol. The zero-order valence-corrected chi connectivity index (χ0v) is 12.2. The molecule has 4 nitrogen and oxygen atoms in total. The Morgan fingerprint density at radius 3 is 2.58 bits per heavy atom. The fraction of sp³-hybridized carbons (Fsp3) is 0.800. The van der Waals surface area contributed by atoms with Crippen LogP contribution < -0.4 is 0 Å². The van der Waals surface area contributed by atoms with Crippen LogP contribution >= 0.6 is 0 Å². The van der Waals surface area contributed by atoms with Crippen molar-refractivity contribution in [3.63, 3.8) is 0 Å². The van der Waals surface area contributed by atoms with Gasteiger partial charge in [-0.1, -0.05) is 12.5 Å². The van der Waals surface area contributed by atoms with Crippen LogP contribution in [0.5, 0.6) is 0 Å². The van der Waals surface area contributed by atoms with Crippen LogP contribution in [0, 0.1) is 11.8 Å². The van der Waals surface area contributed by atoms with Gasteiger partial charge in [-0.05, 0) is 39.5 Å². The summed E-state index contributed by atoms with van der Waals surface area (Å²) < 4.78 is 5.73. The Morgan fingerprint density at radius 2 is 2.11 bits per heavy atom. The molecule has 0 amide bonds. The van der Waals surface area contributed by atoms with E-state index >= 15 is 0 Å². The summed E-state index contributed by atoms with van der Waals surface area (Å²) in [7, 11) is 0. The third kappa shape index (κ3) is 2.11. The molecule has 2 fully saturated rings. The molecule has 2 rings (SSSR count). The van der Waals surface area contributed by atoms with E-state index in [-0.39, 0.29) is 24.4 Å². The summed E-state index contributed by atoms with van der Waals surface area (Å²) in [5, 5.41) is 19.8. The van der Waals surface area contributed by atoms with Gasteiger partial charge in [0.15, 0.2) is 0 Å². The Labute approximate surface area is 114 Å². The number of carbonyl (C=O) groups excluding carboxylic acids is 1. The first-order valence-electron chi connectivity index (χ1n) is 6.97. The Balaban J connectivity index is 2.41. The third-order valence-electron chi connectivity index (χ3n) is 4.97. The van der Waals surface area contributed by atoms with E-state index in [0.29, 0.717) is 6.42 Å². The molecule has 108 valence electrons. The van der Waals surface area contributed by atoms with Gasteiger partial charge in [-0.2, -0.15) is 0 Å². The number of hydrogen-bond acceptors (Lipinski definition) is 4. The van der Waals surface area contributed by atoms with Gasteiger partial charge in [0.05, 0.1) is 12.2 Å².